The van der Waals surface area contributed by atoms with Gasteiger partial charge in [0.1, 0.15) is 0 Å². The molecule has 1 aliphatic rings. The maximum Gasteiger partial charge on any atom is 0.280 e. The van der Waals surface area contributed by atoms with Crippen LogP contribution in [0.15, 0.2) is 65.7 Å². The van der Waals surface area contributed by atoms with E-state index < -0.39 is 0 Å². The Kier molecular flexibility index (Phi) is 4.04. The molecular formula is C18H16N4OS. The van der Waals surface area contributed by atoms with E-state index in [-0.39, 0.29) is 5.91 Å². The molecule has 5 nitrogen and oxygen atoms in total. The maximum absolute atomic E-state index is 12.8. The molecule has 0 N–H and O–H groups in total. The van der Waals surface area contributed by atoms with Gasteiger partial charge >= 0.3 is 0 Å². The largest absolute Gasteiger partial charge is 0.305 e. The predicted molar refractivity (Wildman–Crippen MR) is 94.4 cm³/mol. The molecule has 2 aromatic carbocycles. The third kappa shape index (κ3) is 2.92. The van der Waals surface area contributed by atoms with Crippen molar-refractivity contribution < 1.29 is 4.79 Å². The Labute approximate surface area is 144 Å². The number of carbonyl (C=O) groups excluding carboxylic acids is 1. The Hall–Kier alpha value is -2.60. The molecule has 120 valence electrons. The zero-order chi connectivity index (χ0) is 16.4. The van der Waals surface area contributed by atoms with Gasteiger partial charge in [0.2, 0.25) is 0 Å². The molecule has 2 heterocycles. The highest BCUT2D eigenvalue weighted by atomic mass is 32.2. The molecule has 0 saturated heterocycles. The third-order valence-electron chi connectivity index (χ3n) is 3.92. The van der Waals surface area contributed by atoms with Gasteiger partial charge in [-0.25, -0.2) is 4.68 Å². The van der Waals surface area contributed by atoms with Gasteiger partial charge in [0.25, 0.3) is 5.91 Å². The van der Waals surface area contributed by atoms with Crippen molar-refractivity contribution in [1.29, 1.82) is 0 Å². The molecule has 0 unspecified atom stereocenters. The van der Waals surface area contributed by atoms with Crippen molar-refractivity contribution in [2.45, 2.75) is 11.4 Å². The van der Waals surface area contributed by atoms with Gasteiger partial charge in [-0.3, -0.25) is 4.79 Å². The monoisotopic (exact) mass is 336 g/mol. The van der Waals surface area contributed by atoms with Gasteiger partial charge in [0, 0.05) is 17.2 Å². The zero-order valence-corrected chi connectivity index (χ0v) is 13.8. The summed E-state index contributed by atoms with van der Waals surface area (Å²) in [7, 11) is 0. The molecule has 4 rings (SSSR count). The van der Waals surface area contributed by atoms with Crippen LogP contribution >= 0.6 is 11.8 Å². The van der Waals surface area contributed by atoms with Crippen LogP contribution in [-0.2, 0) is 6.54 Å². The zero-order valence-electron chi connectivity index (χ0n) is 13.0. The molecule has 1 aromatic heterocycles. The summed E-state index contributed by atoms with van der Waals surface area (Å²) in [4.78, 5) is 15.8. The summed E-state index contributed by atoms with van der Waals surface area (Å²) in [6, 6.07) is 18.0. The van der Waals surface area contributed by atoms with Gasteiger partial charge in [-0.2, -0.15) is 0 Å². The molecule has 6 heteroatoms. The molecule has 24 heavy (non-hydrogen) atoms. The van der Waals surface area contributed by atoms with E-state index in [1.54, 1.807) is 27.5 Å². The number of hydrogen-bond donors (Lipinski definition) is 0. The highest BCUT2D eigenvalue weighted by Crippen LogP contribution is 2.34. The summed E-state index contributed by atoms with van der Waals surface area (Å²) in [6.45, 7) is 1.29. The van der Waals surface area contributed by atoms with E-state index >= 15 is 0 Å². The normalized spacial score (nSPS) is 13.6. The minimum atomic E-state index is -0.0953. The predicted octanol–water partition coefficient (Wildman–Crippen LogP) is 3.08. The van der Waals surface area contributed by atoms with Gasteiger partial charge in [-0.1, -0.05) is 47.7 Å². The Morgan fingerprint density at radius 2 is 1.88 bits per heavy atom. The van der Waals surface area contributed by atoms with Gasteiger partial charge < -0.3 is 4.90 Å². The third-order valence-corrected chi connectivity index (χ3v) is 4.96. The van der Waals surface area contributed by atoms with Crippen LogP contribution in [0.4, 0.5) is 5.69 Å². The number of nitrogens with zero attached hydrogens (tertiary/aromatic N) is 4. The van der Waals surface area contributed by atoms with E-state index in [9.17, 15) is 4.79 Å². The average molecular weight is 336 g/mol. The molecule has 0 fully saturated rings. The molecule has 1 aliphatic heterocycles. The van der Waals surface area contributed by atoms with E-state index in [0.717, 1.165) is 21.9 Å². The van der Waals surface area contributed by atoms with E-state index in [0.29, 0.717) is 18.8 Å². The first-order valence-electron chi connectivity index (χ1n) is 7.79. The molecule has 0 radical (unpaired) electrons. The van der Waals surface area contributed by atoms with Crippen molar-refractivity contribution in [3.8, 4) is 0 Å². The Morgan fingerprint density at radius 3 is 2.75 bits per heavy atom. The van der Waals surface area contributed by atoms with Gasteiger partial charge in [-0.15, -0.1) is 16.9 Å². The number of thioether (sulfide) groups is 1. The Morgan fingerprint density at radius 1 is 1.08 bits per heavy atom. The highest BCUT2D eigenvalue weighted by molar-refractivity contribution is 7.99. The number of hydrogen-bond acceptors (Lipinski definition) is 4. The number of fused-ring (bicyclic) bond motifs is 1. The van der Waals surface area contributed by atoms with Crippen LogP contribution in [0.3, 0.4) is 0 Å². The topological polar surface area (TPSA) is 51.0 Å². The van der Waals surface area contributed by atoms with Crippen molar-refractivity contribution in [3.63, 3.8) is 0 Å². The minimum Gasteiger partial charge on any atom is -0.305 e. The lowest BCUT2D eigenvalue weighted by atomic mass is 10.2. The van der Waals surface area contributed by atoms with Crippen LogP contribution in [0, 0.1) is 0 Å². The first kappa shape index (κ1) is 15.0. The summed E-state index contributed by atoms with van der Waals surface area (Å²) in [5.74, 6) is 0.794. The summed E-state index contributed by atoms with van der Waals surface area (Å²) in [5, 5.41) is 8.17. The van der Waals surface area contributed by atoms with E-state index in [2.05, 4.69) is 10.3 Å². The number of anilines is 1. The fourth-order valence-corrected chi connectivity index (χ4v) is 3.76. The van der Waals surface area contributed by atoms with Crippen LogP contribution in [-0.4, -0.2) is 33.2 Å². The van der Waals surface area contributed by atoms with Crippen LogP contribution in [0.2, 0.25) is 0 Å². The van der Waals surface area contributed by atoms with Crippen molar-refractivity contribution in [1.82, 2.24) is 15.0 Å². The first-order chi connectivity index (χ1) is 11.8. The molecule has 0 atom stereocenters. The molecule has 0 aliphatic carbocycles. The second kappa shape index (κ2) is 6.49. The number of rotatable bonds is 3. The molecule has 1 amide bonds. The fourth-order valence-electron chi connectivity index (χ4n) is 2.76. The smallest absolute Gasteiger partial charge is 0.280 e. The van der Waals surface area contributed by atoms with Crippen LogP contribution < -0.4 is 4.90 Å². The van der Waals surface area contributed by atoms with Crippen LogP contribution in [0.5, 0.6) is 0 Å². The second-order valence-corrected chi connectivity index (χ2v) is 6.70. The van der Waals surface area contributed by atoms with Crippen molar-refractivity contribution in [2.24, 2.45) is 0 Å². The van der Waals surface area contributed by atoms with Gasteiger partial charge in [0.05, 0.1) is 18.4 Å². The Balaban J connectivity index is 1.56. The molecular weight excluding hydrogens is 320 g/mol. The summed E-state index contributed by atoms with van der Waals surface area (Å²) >= 11 is 1.78. The molecule has 0 saturated carbocycles. The average Bonchev–Trinajstić information content (AvgIpc) is 3.10. The van der Waals surface area contributed by atoms with E-state index in [4.69, 9.17) is 0 Å². The van der Waals surface area contributed by atoms with Crippen LogP contribution in [0.25, 0.3) is 0 Å². The number of carbonyl (C=O) groups is 1. The minimum absolute atomic E-state index is 0.0953. The highest BCUT2D eigenvalue weighted by Gasteiger charge is 2.25. The molecule has 0 bridgehead atoms. The second-order valence-electron chi connectivity index (χ2n) is 5.56. The summed E-state index contributed by atoms with van der Waals surface area (Å²) in [6.07, 6.45) is 1.72. The van der Waals surface area contributed by atoms with Crippen LogP contribution in [0.1, 0.15) is 16.1 Å². The van der Waals surface area contributed by atoms with Crippen molar-refractivity contribution in [3.05, 3.63) is 72.1 Å². The van der Waals surface area contributed by atoms with Gasteiger partial charge in [-0.05, 0) is 17.7 Å². The number of aromatic nitrogens is 3. The lowest BCUT2D eigenvalue weighted by Gasteiger charge is -2.28. The Bertz CT molecular complexity index is 862. The lowest BCUT2D eigenvalue weighted by molar-refractivity contribution is 0.0983. The summed E-state index contributed by atoms with van der Waals surface area (Å²) in [5.41, 5.74) is 2.46. The maximum atomic E-state index is 12.8. The number of amides is 1. The lowest BCUT2D eigenvalue weighted by Crippen LogP contribution is -2.35. The quantitative estimate of drug-likeness (QED) is 0.737. The molecule has 3 aromatic rings. The van der Waals surface area contributed by atoms with Crippen molar-refractivity contribution in [2.75, 3.05) is 17.2 Å². The van der Waals surface area contributed by atoms with Crippen molar-refractivity contribution >= 4 is 23.4 Å². The fraction of sp³-hybridized carbons (Fsp3) is 0.167. The molecule has 0 spiro atoms. The summed E-state index contributed by atoms with van der Waals surface area (Å²) < 4.78 is 1.70. The first-order valence-corrected chi connectivity index (χ1v) is 8.77. The standard InChI is InChI=1S/C18H16N4OS/c23-18(22-10-11-24-17-9-5-4-8-16(17)22)15-13-21(20-19-15)12-14-6-2-1-3-7-14/h1-9,13H,10-12H2. The van der Waals surface area contributed by atoms with Gasteiger partial charge in [0.15, 0.2) is 5.69 Å². The van der Waals surface area contributed by atoms with E-state index in [1.807, 2.05) is 54.6 Å². The number of para-hydroxylation sites is 1. The number of benzene rings is 2. The van der Waals surface area contributed by atoms with E-state index in [1.165, 1.54) is 0 Å². The SMILES string of the molecule is O=C(c1cn(Cc2ccccc2)nn1)N1CCSc2ccccc21.